The van der Waals surface area contributed by atoms with Gasteiger partial charge in [0.25, 0.3) is 10.0 Å². The first kappa shape index (κ1) is 15.6. The fourth-order valence-electron chi connectivity index (χ4n) is 1.66. The Hall–Kier alpha value is -0.830. The van der Waals surface area contributed by atoms with Crippen LogP contribution < -0.4 is 0 Å². The first-order valence-corrected chi connectivity index (χ1v) is 8.85. The van der Waals surface area contributed by atoms with Crippen LogP contribution in [0.5, 0.6) is 0 Å². The number of aromatic nitrogens is 1. The third-order valence-electron chi connectivity index (χ3n) is 2.62. The summed E-state index contributed by atoms with van der Waals surface area (Å²) in [4.78, 5) is 4.53. The van der Waals surface area contributed by atoms with Crippen molar-refractivity contribution in [2.45, 2.75) is 18.5 Å². The van der Waals surface area contributed by atoms with Crippen LogP contribution in [0.2, 0.25) is 0 Å². The van der Waals surface area contributed by atoms with Gasteiger partial charge in [-0.25, -0.2) is 17.8 Å². The lowest BCUT2D eigenvalue weighted by atomic mass is 10.4. The molecule has 0 atom stereocenters. The van der Waals surface area contributed by atoms with Gasteiger partial charge in [0.1, 0.15) is 0 Å². The Bertz CT molecular complexity index is 703. The lowest BCUT2D eigenvalue weighted by Crippen LogP contribution is -2.31. The zero-order valence-electron chi connectivity index (χ0n) is 10.6. The minimum Gasteiger partial charge on any atom is -0.241 e. The van der Waals surface area contributed by atoms with Crippen LogP contribution in [0.25, 0.3) is 0 Å². The van der Waals surface area contributed by atoms with E-state index >= 15 is 0 Å². The summed E-state index contributed by atoms with van der Waals surface area (Å²) in [5, 5.41) is -0.530. The molecule has 0 fully saturated rings. The number of rotatable bonds is 5. The van der Waals surface area contributed by atoms with Crippen molar-refractivity contribution in [3.63, 3.8) is 0 Å². The Kier molecular flexibility index (Phi) is 4.90. The highest BCUT2D eigenvalue weighted by Gasteiger charge is 2.28. The van der Waals surface area contributed by atoms with Crippen molar-refractivity contribution in [1.29, 1.82) is 0 Å². The van der Waals surface area contributed by atoms with Crippen molar-refractivity contribution in [3.8, 4) is 0 Å². The summed E-state index contributed by atoms with van der Waals surface area (Å²) in [5.74, 6) is -0.835. The van der Waals surface area contributed by atoms with E-state index < -0.39 is 20.9 Å². The van der Waals surface area contributed by atoms with E-state index in [-0.39, 0.29) is 13.1 Å². The third kappa shape index (κ3) is 3.25. The number of hydrogen-bond acceptors (Lipinski definition) is 4. The molecule has 0 radical (unpaired) electrons. The van der Waals surface area contributed by atoms with Gasteiger partial charge in [0.15, 0.2) is 5.82 Å². The molecular formula is C12H12BrFN2O2S2. The molecule has 0 N–H and O–H groups in total. The molecule has 2 aromatic rings. The second kappa shape index (κ2) is 6.30. The molecule has 0 spiro atoms. The van der Waals surface area contributed by atoms with E-state index in [1.54, 1.807) is 6.92 Å². The first-order valence-electron chi connectivity index (χ1n) is 5.80. The van der Waals surface area contributed by atoms with Crippen LogP contribution >= 0.6 is 27.3 Å². The molecule has 8 heteroatoms. The highest BCUT2D eigenvalue weighted by atomic mass is 79.9. The monoisotopic (exact) mass is 378 g/mol. The number of thiophene rings is 1. The quantitative estimate of drug-likeness (QED) is 0.802. The van der Waals surface area contributed by atoms with Gasteiger partial charge in [-0.05, 0) is 40.2 Å². The molecule has 20 heavy (non-hydrogen) atoms. The number of pyridine rings is 1. The van der Waals surface area contributed by atoms with Crippen LogP contribution in [0.4, 0.5) is 4.39 Å². The molecule has 0 aliphatic rings. The number of nitrogens with zero attached hydrogens (tertiary/aromatic N) is 2. The second-order valence-corrected chi connectivity index (χ2v) is 8.33. The highest BCUT2D eigenvalue weighted by molar-refractivity contribution is 9.11. The molecule has 0 saturated heterocycles. The van der Waals surface area contributed by atoms with Gasteiger partial charge in [-0.1, -0.05) is 6.92 Å². The third-order valence-corrected chi connectivity index (χ3v) is 6.09. The number of hydrogen-bond donors (Lipinski definition) is 0. The molecule has 0 bridgehead atoms. The minimum atomic E-state index is -3.93. The molecule has 0 aromatic carbocycles. The molecule has 2 aromatic heterocycles. The van der Waals surface area contributed by atoms with Crippen molar-refractivity contribution < 1.29 is 12.8 Å². The molecule has 4 nitrogen and oxygen atoms in total. The Balaban J connectivity index is 2.33. The zero-order valence-corrected chi connectivity index (χ0v) is 13.8. The molecular weight excluding hydrogens is 367 g/mol. The van der Waals surface area contributed by atoms with Gasteiger partial charge in [-0.2, -0.15) is 4.31 Å². The molecule has 0 unspecified atom stereocenters. The maximum atomic E-state index is 13.7. The van der Waals surface area contributed by atoms with Crippen LogP contribution in [-0.2, 0) is 16.6 Å². The van der Waals surface area contributed by atoms with Gasteiger partial charge in [0, 0.05) is 24.2 Å². The van der Waals surface area contributed by atoms with E-state index in [0.717, 1.165) is 14.7 Å². The zero-order chi connectivity index (χ0) is 14.8. The second-order valence-electron chi connectivity index (χ2n) is 3.93. The Morgan fingerprint density at radius 2 is 2.15 bits per heavy atom. The predicted molar refractivity (Wildman–Crippen MR) is 79.5 cm³/mol. The first-order chi connectivity index (χ1) is 9.45. The van der Waals surface area contributed by atoms with Gasteiger partial charge < -0.3 is 0 Å². The van der Waals surface area contributed by atoms with E-state index in [9.17, 15) is 12.8 Å². The summed E-state index contributed by atoms with van der Waals surface area (Å²) in [6.45, 7) is 2.15. The highest BCUT2D eigenvalue weighted by Crippen LogP contribution is 2.25. The van der Waals surface area contributed by atoms with E-state index in [1.807, 2.05) is 12.1 Å². The molecule has 2 heterocycles. The van der Waals surface area contributed by atoms with Crippen LogP contribution in [0.15, 0.2) is 39.3 Å². The molecule has 108 valence electrons. The number of sulfonamides is 1. The summed E-state index contributed by atoms with van der Waals surface area (Å²) < 4.78 is 40.6. The minimum absolute atomic E-state index is 0.200. The average molecular weight is 379 g/mol. The topological polar surface area (TPSA) is 50.3 Å². The van der Waals surface area contributed by atoms with E-state index in [4.69, 9.17) is 0 Å². The summed E-state index contributed by atoms with van der Waals surface area (Å²) in [5.41, 5.74) is 0. The van der Waals surface area contributed by atoms with Crippen molar-refractivity contribution in [3.05, 3.63) is 44.9 Å². The largest absolute Gasteiger partial charge is 0.263 e. The predicted octanol–water partition coefficient (Wildman–Crippen LogP) is 3.26. The molecule has 0 aliphatic heterocycles. The van der Waals surface area contributed by atoms with Crippen LogP contribution in [0.1, 0.15) is 11.8 Å². The summed E-state index contributed by atoms with van der Waals surface area (Å²) >= 11 is 4.77. The van der Waals surface area contributed by atoms with E-state index in [2.05, 4.69) is 20.9 Å². The van der Waals surface area contributed by atoms with Crippen LogP contribution in [0, 0.1) is 5.82 Å². The smallest absolute Gasteiger partial charge is 0.241 e. The Morgan fingerprint density at radius 1 is 1.40 bits per heavy atom. The normalized spacial score (nSPS) is 12.0. The SMILES string of the molecule is CCN(Cc1ccc(Br)s1)S(=O)(=O)c1ncccc1F. The Morgan fingerprint density at radius 3 is 2.70 bits per heavy atom. The fraction of sp³-hybridized carbons (Fsp3) is 0.250. The van der Waals surface area contributed by atoms with Crippen LogP contribution in [0.3, 0.4) is 0 Å². The van der Waals surface area contributed by atoms with Crippen molar-refractivity contribution in [1.82, 2.24) is 9.29 Å². The van der Waals surface area contributed by atoms with Gasteiger partial charge in [-0.15, -0.1) is 11.3 Å². The summed E-state index contributed by atoms with van der Waals surface area (Å²) in [6, 6.07) is 6.14. The molecule has 2 rings (SSSR count). The van der Waals surface area contributed by atoms with Gasteiger partial charge >= 0.3 is 0 Å². The maximum Gasteiger partial charge on any atom is 0.263 e. The summed E-state index contributed by atoms with van der Waals surface area (Å²) in [7, 11) is -3.93. The number of halogens is 2. The Labute approximate surface area is 129 Å². The summed E-state index contributed by atoms with van der Waals surface area (Å²) in [6.07, 6.45) is 1.27. The fourth-order valence-corrected chi connectivity index (χ4v) is 4.64. The van der Waals surface area contributed by atoms with Crippen molar-refractivity contribution in [2.75, 3.05) is 6.54 Å². The molecule has 0 aliphatic carbocycles. The van der Waals surface area contributed by atoms with Crippen LogP contribution in [-0.4, -0.2) is 24.3 Å². The maximum absolute atomic E-state index is 13.7. The van der Waals surface area contributed by atoms with E-state index in [1.165, 1.54) is 27.9 Å². The van der Waals surface area contributed by atoms with Gasteiger partial charge in [0.05, 0.1) is 3.79 Å². The molecule has 0 saturated carbocycles. The van der Waals surface area contributed by atoms with Crippen molar-refractivity contribution >= 4 is 37.3 Å². The van der Waals surface area contributed by atoms with Gasteiger partial charge in [-0.3, -0.25) is 0 Å². The average Bonchev–Trinajstić information content (AvgIpc) is 2.81. The lowest BCUT2D eigenvalue weighted by Gasteiger charge is -2.19. The van der Waals surface area contributed by atoms with Crippen molar-refractivity contribution in [2.24, 2.45) is 0 Å². The standard InChI is InChI=1S/C12H12BrFN2O2S2/c1-2-16(8-9-5-6-11(13)19-9)20(17,18)12-10(14)4-3-7-15-12/h3-7H,2,8H2,1H3. The molecule has 0 amide bonds. The lowest BCUT2D eigenvalue weighted by molar-refractivity contribution is 0.418. The van der Waals surface area contributed by atoms with E-state index in [0.29, 0.717) is 0 Å². The van der Waals surface area contributed by atoms with Gasteiger partial charge in [0.2, 0.25) is 5.03 Å².